The highest BCUT2D eigenvalue weighted by Gasteiger charge is 2.58. The van der Waals surface area contributed by atoms with Crippen LogP contribution in [0.1, 0.15) is 297 Å². The standard InChI is InChI=1S/C74H135O24P/c1-4-7-10-13-16-19-22-25-27-28-30-31-34-37-40-43-46-49-59(77)91-54-57-62(80)64(82)69(87)74(95-57)97-71-67(85)65(83)66(84)70(96-73-68(86)63(81)61(79)56(51-75)94-73)72(71)98-99(88,89)92-53-55(52-90-58(76)48-45-42-39-36-33-24-21-18-15-12-9-6-3)93-60(78)50-47-44-41-38-35-32-29-26-23-20-17-14-11-8-5-2/h41,44,47,50,55-57,61-75,79-87H,4-40,42-43,45-46,48-49,51-54H2,1-3H3,(H,88,89)/b44-41+,50-47+. The number of ether oxygens (including phenoxy) is 7. The summed E-state index contributed by atoms with van der Waals surface area (Å²) in [6, 6.07) is 0. The predicted octanol–water partition coefficient (Wildman–Crippen LogP) is 10.9. The quantitative estimate of drug-likeness (QED) is 0.00673. The van der Waals surface area contributed by atoms with Gasteiger partial charge in [0.2, 0.25) is 0 Å². The second-order valence-corrected chi connectivity index (χ2v) is 29.2. The number of aliphatic hydroxyl groups is 10. The molecule has 1 aliphatic carbocycles. The highest BCUT2D eigenvalue weighted by molar-refractivity contribution is 7.47. The number of phosphoric acid groups is 1. The number of carbonyl (C=O) groups excluding carboxylic acids is 3. The molecule has 18 atom stereocenters. The average molecular weight is 1440 g/mol. The normalized spacial score (nSPS) is 27.6. The largest absolute Gasteiger partial charge is 0.472 e. The van der Waals surface area contributed by atoms with Crippen molar-refractivity contribution in [1.29, 1.82) is 0 Å². The Hall–Kier alpha value is -2.56. The van der Waals surface area contributed by atoms with Gasteiger partial charge in [-0.15, -0.1) is 0 Å². The van der Waals surface area contributed by atoms with Crippen LogP contribution in [0.25, 0.3) is 0 Å². The molecule has 0 aromatic heterocycles. The number of esters is 3. The van der Waals surface area contributed by atoms with Crippen LogP contribution in [0.15, 0.2) is 24.3 Å². The van der Waals surface area contributed by atoms with Gasteiger partial charge >= 0.3 is 25.7 Å². The summed E-state index contributed by atoms with van der Waals surface area (Å²) in [6.45, 7) is 3.35. The van der Waals surface area contributed by atoms with Crippen LogP contribution in [0.2, 0.25) is 0 Å². The third-order valence-corrected chi connectivity index (χ3v) is 20.1. The molecule has 18 unspecified atom stereocenters. The molecule has 1 saturated carbocycles. The van der Waals surface area contributed by atoms with Crippen molar-refractivity contribution in [3.8, 4) is 0 Å². The monoisotopic (exact) mass is 1440 g/mol. The number of rotatable bonds is 60. The number of allylic oxidation sites excluding steroid dienone is 3. The SMILES string of the molecule is CCCCCCCCCCCCC/C=C/C=C/C(=O)OC(COC(=O)CCCCCCCCCCCCCC)COP(=O)(O)OC1C(OC2OC(CO)C(O)C(O)C2O)C(O)C(O)C(O)C1OC1OC(COC(=O)CCCCCCCCCCCCCCCCCCC)C(O)C(O)C1O. The molecule has 0 bridgehead atoms. The van der Waals surface area contributed by atoms with Gasteiger partial charge in [-0.25, -0.2) is 9.36 Å². The Balaban J connectivity index is 1.73. The molecule has 2 heterocycles. The minimum atomic E-state index is -5.72. The second-order valence-electron chi connectivity index (χ2n) is 27.8. The smallest absolute Gasteiger partial charge is 0.463 e. The lowest BCUT2D eigenvalue weighted by Crippen LogP contribution is -2.69. The molecule has 0 amide bonds. The van der Waals surface area contributed by atoms with Crippen molar-refractivity contribution in [3.63, 3.8) is 0 Å². The lowest BCUT2D eigenvalue weighted by Gasteiger charge is -2.49. The minimum Gasteiger partial charge on any atom is -0.463 e. The summed E-state index contributed by atoms with van der Waals surface area (Å²) in [5, 5.41) is 110. The van der Waals surface area contributed by atoms with Crippen LogP contribution in [0.4, 0.5) is 0 Å². The lowest BCUT2D eigenvalue weighted by atomic mass is 9.84. The first-order valence-electron chi connectivity index (χ1n) is 38.7. The Morgan fingerprint density at radius 1 is 0.414 bits per heavy atom. The second kappa shape index (κ2) is 55.9. The number of aliphatic hydroxyl groups excluding tert-OH is 10. The highest BCUT2D eigenvalue weighted by Crippen LogP contribution is 2.49. The van der Waals surface area contributed by atoms with Gasteiger partial charge in [0, 0.05) is 18.9 Å². The van der Waals surface area contributed by atoms with E-state index in [0.29, 0.717) is 12.8 Å². The molecule has 3 rings (SSSR count). The van der Waals surface area contributed by atoms with E-state index in [4.69, 9.17) is 42.2 Å². The Morgan fingerprint density at radius 2 is 0.768 bits per heavy atom. The summed E-state index contributed by atoms with van der Waals surface area (Å²) in [5.74, 6) is -2.24. The maximum Gasteiger partial charge on any atom is 0.472 e. The van der Waals surface area contributed by atoms with Crippen LogP contribution in [-0.4, -0.2) is 204 Å². The van der Waals surface area contributed by atoms with Gasteiger partial charge in [0.1, 0.15) is 98.7 Å². The van der Waals surface area contributed by atoms with E-state index < -0.39 is 156 Å². The van der Waals surface area contributed by atoms with Crippen molar-refractivity contribution in [2.75, 3.05) is 26.4 Å². The molecule has 580 valence electrons. The molecule has 2 saturated heterocycles. The van der Waals surface area contributed by atoms with Gasteiger partial charge in [-0.3, -0.25) is 18.6 Å². The Morgan fingerprint density at radius 3 is 1.17 bits per heavy atom. The van der Waals surface area contributed by atoms with E-state index in [2.05, 4.69) is 20.8 Å². The summed E-state index contributed by atoms with van der Waals surface area (Å²) in [4.78, 5) is 50.9. The summed E-state index contributed by atoms with van der Waals surface area (Å²) < 4.78 is 64.8. The molecule has 2 aliphatic heterocycles. The molecule has 0 aromatic rings. The fourth-order valence-corrected chi connectivity index (χ4v) is 13.7. The van der Waals surface area contributed by atoms with Crippen molar-refractivity contribution in [1.82, 2.24) is 0 Å². The molecule has 25 heteroatoms. The van der Waals surface area contributed by atoms with Gasteiger partial charge in [-0.2, -0.15) is 0 Å². The lowest BCUT2D eigenvalue weighted by molar-refractivity contribution is -0.360. The van der Waals surface area contributed by atoms with Gasteiger partial charge < -0.3 is 89.1 Å². The van der Waals surface area contributed by atoms with E-state index in [1.165, 1.54) is 167 Å². The Bertz CT molecular complexity index is 2140. The summed E-state index contributed by atoms with van der Waals surface area (Å²) in [5.41, 5.74) is 0. The van der Waals surface area contributed by atoms with Crippen LogP contribution < -0.4 is 0 Å². The third kappa shape index (κ3) is 38.9. The molecular formula is C74H135O24P. The fourth-order valence-electron chi connectivity index (χ4n) is 12.8. The van der Waals surface area contributed by atoms with Crippen molar-refractivity contribution in [2.45, 2.75) is 401 Å². The Labute approximate surface area is 592 Å². The average Bonchev–Trinajstić information content (AvgIpc) is 0.765. The van der Waals surface area contributed by atoms with Crippen LogP contribution in [0.5, 0.6) is 0 Å². The molecule has 24 nitrogen and oxygen atoms in total. The van der Waals surface area contributed by atoms with Crippen molar-refractivity contribution in [3.05, 3.63) is 24.3 Å². The molecule has 3 aliphatic rings. The minimum absolute atomic E-state index is 0.0285. The van der Waals surface area contributed by atoms with Gasteiger partial charge in [0.05, 0.1) is 13.2 Å². The predicted molar refractivity (Wildman–Crippen MR) is 374 cm³/mol. The zero-order chi connectivity index (χ0) is 72.5. The van der Waals surface area contributed by atoms with E-state index in [1.54, 1.807) is 6.08 Å². The van der Waals surface area contributed by atoms with Crippen LogP contribution >= 0.6 is 7.82 Å². The van der Waals surface area contributed by atoms with Crippen LogP contribution in [-0.2, 0) is 61.2 Å². The number of carbonyl (C=O) groups is 3. The molecule has 0 aromatic carbocycles. The van der Waals surface area contributed by atoms with E-state index in [-0.39, 0.29) is 12.8 Å². The van der Waals surface area contributed by atoms with Gasteiger partial charge in [0.15, 0.2) is 18.7 Å². The van der Waals surface area contributed by atoms with Gasteiger partial charge in [-0.1, -0.05) is 277 Å². The summed E-state index contributed by atoms with van der Waals surface area (Å²) in [6.07, 6.45) is 17.4. The van der Waals surface area contributed by atoms with E-state index >= 15 is 0 Å². The molecule has 99 heavy (non-hydrogen) atoms. The molecule has 3 fully saturated rings. The first kappa shape index (κ1) is 90.7. The van der Waals surface area contributed by atoms with E-state index in [9.17, 15) is 74.9 Å². The Kier molecular flexibility index (Phi) is 51.2. The first-order chi connectivity index (χ1) is 47.8. The van der Waals surface area contributed by atoms with E-state index in [1.807, 2.05) is 6.08 Å². The van der Waals surface area contributed by atoms with Crippen molar-refractivity contribution >= 4 is 25.7 Å². The zero-order valence-electron chi connectivity index (χ0n) is 60.5. The number of unbranched alkanes of at least 4 members (excludes halogenated alkanes) is 38. The maximum atomic E-state index is 14.3. The number of hydrogen-bond donors (Lipinski definition) is 11. The molecular weight excluding hydrogens is 1300 g/mol. The fraction of sp³-hybridized carbons (Fsp3) is 0.905. The van der Waals surface area contributed by atoms with Crippen molar-refractivity contribution < 1.29 is 117 Å². The number of hydrogen-bond acceptors (Lipinski definition) is 23. The van der Waals surface area contributed by atoms with Crippen molar-refractivity contribution in [2.24, 2.45) is 0 Å². The van der Waals surface area contributed by atoms with Crippen LogP contribution in [0, 0.1) is 0 Å². The molecule has 0 radical (unpaired) electrons. The van der Waals surface area contributed by atoms with Gasteiger partial charge in [0.25, 0.3) is 0 Å². The van der Waals surface area contributed by atoms with Gasteiger partial charge in [-0.05, 0) is 25.7 Å². The zero-order valence-corrected chi connectivity index (χ0v) is 61.4. The third-order valence-electron chi connectivity index (χ3n) is 19.1. The number of phosphoric ester groups is 1. The summed E-state index contributed by atoms with van der Waals surface area (Å²) >= 11 is 0. The maximum absolute atomic E-state index is 14.3. The van der Waals surface area contributed by atoms with E-state index in [0.717, 1.165) is 96.0 Å². The topological polar surface area (TPSA) is 374 Å². The molecule has 11 N–H and O–H groups in total. The molecule has 0 spiro atoms. The van der Waals surface area contributed by atoms with Crippen LogP contribution in [0.3, 0.4) is 0 Å². The highest BCUT2D eigenvalue weighted by atomic mass is 31.2. The summed E-state index contributed by atoms with van der Waals surface area (Å²) in [7, 11) is -5.72. The first-order valence-corrected chi connectivity index (χ1v) is 40.2.